The average Bonchev–Trinajstić information content (AvgIpc) is 3.21. The average molecular weight is 474 g/mol. The van der Waals surface area contributed by atoms with Crippen molar-refractivity contribution in [2.75, 3.05) is 16.4 Å². The van der Waals surface area contributed by atoms with E-state index in [4.69, 9.17) is 0 Å². The summed E-state index contributed by atoms with van der Waals surface area (Å²) in [7, 11) is -3.06. The molecule has 4 rings (SSSR count). The van der Waals surface area contributed by atoms with Gasteiger partial charge >= 0.3 is 0 Å². The Morgan fingerprint density at radius 2 is 1.59 bits per heavy atom. The Hall–Kier alpha value is -1.99. The van der Waals surface area contributed by atoms with Crippen molar-refractivity contribution in [2.45, 2.75) is 58.4 Å². The van der Waals surface area contributed by atoms with Crippen molar-refractivity contribution in [2.24, 2.45) is 11.8 Å². The van der Waals surface area contributed by atoms with Gasteiger partial charge in [0, 0.05) is 23.8 Å². The standard InChI is InChI=1S/C25H31NO4S2/c1-17-8-10-20(11-9-17)25(28)26(21-12-14-32(29,30)15-13-21)22-16-23(31-24(22)18(2)27)19-6-4-3-5-7-19/h3-7,16-17,20-21H,8-15H2,1-2H3. The topological polar surface area (TPSA) is 71.5 Å². The first-order chi connectivity index (χ1) is 15.2. The third-order valence-corrected chi connectivity index (χ3v) is 9.83. The predicted octanol–water partition coefficient (Wildman–Crippen LogP) is 5.35. The van der Waals surface area contributed by atoms with Crippen molar-refractivity contribution in [3.05, 3.63) is 41.3 Å². The van der Waals surface area contributed by atoms with Crippen LogP contribution in [0.1, 0.15) is 62.0 Å². The number of hydrogen-bond acceptors (Lipinski definition) is 5. The van der Waals surface area contributed by atoms with Gasteiger partial charge in [-0.15, -0.1) is 11.3 Å². The number of benzene rings is 1. The van der Waals surface area contributed by atoms with Gasteiger partial charge in [-0.2, -0.15) is 0 Å². The highest BCUT2D eigenvalue weighted by molar-refractivity contribution is 7.91. The summed E-state index contributed by atoms with van der Waals surface area (Å²) >= 11 is 1.42. The van der Waals surface area contributed by atoms with E-state index in [0.717, 1.165) is 36.1 Å². The van der Waals surface area contributed by atoms with Crippen LogP contribution in [0.5, 0.6) is 0 Å². The van der Waals surface area contributed by atoms with Gasteiger partial charge in [-0.05, 0) is 56.1 Å². The van der Waals surface area contributed by atoms with Crippen molar-refractivity contribution in [3.8, 4) is 10.4 Å². The van der Waals surface area contributed by atoms with Gasteiger partial charge in [-0.25, -0.2) is 8.42 Å². The Bertz CT molecular complexity index is 1070. The highest BCUT2D eigenvalue weighted by atomic mass is 32.2. The molecule has 2 fully saturated rings. The molecule has 1 saturated heterocycles. The van der Waals surface area contributed by atoms with E-state index >= 15 is 0 Å². The molecule has 32 heavy (non-hydrogen) atoms. The van der Waals surface area contributed by atoms with Crippen LogP contribution in [0.25, 0.3) is 10.4 Å². The van der Waals surface area contributed by atoms with Gasteiger partial charge in [0.25, 0.3) is 0 Å². The maximum Gasteiger partial charge on any atom is 0.230 e. The monoisotopic (exact) mass is 473 g/mol. The third kappa shape index (κ3) is 4.99. The molecule has 172 valence electrons. The highest BCUT2D eigenvalue weighted by Crippen LogP contribution is 2.41. The van der Waals surface area contributed by atoms with Crippen molar-refractivity contribution in [1.82, 2.24) is 0 Å². The lowest BCUT2D eigenvalue weighted by Gasteiger charge is -2.38. The number of ketones is 1. The molecule has 0 bridgehead atoms. The van der Waals surface area contributed by atoms with E-state index in [9.17, 15) is 18.0 Å². The van der Waals surface area contributed by atoms with Crippen LogP contribution in [0.15, 0.2) is 36.4 Å². The second-order valence-corrected chi connectivity index (χ2v) is 12.7. The number of carbonyl (C=O) groups is 2. The van der Waals surface area contributed by atoms with Gasteiger partial charge in [0.05, 0.1) is 22.1 Å². The quantitative estimate of drug-likeness (QED) is 0.549. The lowest BCUT2D eigenvalue weighted by Crippen LogP contribution is -2.48. The van der Waals surface area contributed by atoms with Crippen LogP contribution in [0, 0.1) is 11.8 Å². The first-order valence-corrected chi connectivity index (χ1v) is 14.1. The van der Waals surface area contributed by atoms with Gasteiger partial charge in [0.15, 0.2) is 5.78 Å². The number of amides is 1. The molecular formula is C25H31NO4S2. The fraction of sp³-hybridized carbons (Fsp3) is 0.520. The van der Waals surface area contributed by atoms with Crippen LogP contribution < -0.4 is 4.90 Å². The second kappa shape index (κ2) is 9.48. The minimum Gasteiger partial charge on any atom is -0.307 e. The summed E-state index contributed by atoms with van der Waals surface area (Å²) in [5.41, 5.74) is 1.67. The predicted molar refractivity (Wildman–Crippen MR) is 130 cm³/mol. The zero-order valence-corrected chi connectivity index (χ0v) is 20.4. The fourth-order valence-corrected chi connectivity index (χ4v) is 7.41. The molecule has 0 N–H and O–H groups in total. The molecule has 0 radical (unpaired) electrons. The van der Waals surface area contributed by atoms with Crippen molar-refractivity contribution in [1.29, 1.82) is 0 Å². The molecule has 7 heteroatoms. The van der Waals surface area contributed by atoms with E-state index in [1.54, 1.807) is 6.92 Å². The van der Waals surface area contributed by atoms with Crippen LogP contribution in [-0.2, 0) is 14.6 Å². The second-order valence-electron chi connectivity index (χ2n) is 9.30. The number of nitrogens with zero attached hydrogens (tertiary/aromatic N) is 1. The van der Waals surface area contributed by atoms with E-state index in [1.165, 1.54) is 11.3 Å². The number of Topliss-reactive ketones (excluding diaryl/α,β-unsaturated/α-hetero) is 1. The highest BCUT2D eigenvalue weighted by Gasteiger charge is 2.38. The molecule has 0 spiro atoms. The number of hydrogen-bond donors (Lipinski definition) is 0. The molecule has 1 aromatic heterocycles. The fourth-order valence-electron chi connectivity index (χ4n) is 4.89. The Morgan fingerprint density at radius 3 is 2.19 bits per heavy atom. The maximum absolute atomic E-state index is 13.9. The summed E-state index contributed by atoms with van der Waals surface area (Å²) in [6, 6.07) is 11.6. The SMILES string of the molecule is CC(=O)c1sc(-c2ccccc2)cc1N(C(=O)C1CCC(C)CC1)C1CCS(=O)(=O)CC1. The number of carbonyl (C=O) groups excluding carboxylic acids is 2. The Labute approximate surface area is 194 Å². The van der Waals surface area contributed by atoms with E-state index in [-0.39, 0.29) is 35.2 Å². The lowest BCUT2D eigenvalue weighted by molar-refractivity contribution is -0.124. The first kappa shape index (κ1) is 23.2. The minimum absolute atomic E-state index is 0.0566. The molecule has 1 aliphatic heterocycles. The molecule has 1 aromatic carbocycles. The smallest absolute Gasteiger partial charge is 0.230 e. The Morgan fingerprint density at radius 1 is 0.969 bits per heavy atom. The largest absolute Gasteiger partial charge is 0.307 e. The van der Waals surface area contributed by atoms with Gasteiger partial charge in [0.1, 0.15) is 9.84 Å². The summed E-state index contributed by atoms with van der Waals surface area (Å²) in [5, 5.41) is 0. The number of sulfone groups is 1. The Balaban J connectivity index is 1.74. The molecule has 2 aliphatic rings. The van der Waals surface area contributed by atoms with Crippen molar-refractivity contribution >= 4 is 38.6 Å². The van der Waals surface area contributed by atoms with Gasteiger partial charge in [0.2, 0.25) is 5.91 Å². The van der Waals surface area contributed by atoms with E-state index < -0.39 is 9.84 Å². The molecule has 0 atom stereocenters. The zero-order valence-electron chi connectivity index (χ0n) is 18.7. The third-order valence-electron chi connectivity index (χ3n) is 6.84. The number of rotatable bonds is 5. The van der Waals surface area contributed by atoms with Gasteiger partial charge < -0.3 is 4.90 Å². The first-order valence-electron chi connectivity index (χ1n) is 11.5. The summed E-state index contributed by atoms with van der Waals surface area (Å²) in [4.78, 5) is 29.8. The molecular weight excluding hydrogens is 442 g/mol. The molecule has 1 saturated carbocycles. The molecule has 0 unspecified atom stereocenters. The molecule has 1 aliphatic carbocycles. The van der Waals surface area contributed by atoms with Crippen LogP contribution in [0.2, 0.25) is 0 Å². The van der Waals surface area contributed by atoms with Crippen molar-refractivity contribution < 1.29 is 18.0 Å². The molecule has 5 nitrogen and oxygen atoms in total. The lowest BCUT2D eigenvalue weighted by atomic mass is 9.82. The summed E-state index contributed by atoms with van der Waals surface area (Å²) in [5.74, 6) is 0.741. The summed E-state index contributed by atoms with van der Waals surface area (Å²) in [6.45, 7) is 3.77. The van der Waals surface area contributed by atoms with E-state index in [0.29, 0.717) is 29.3 Å². The molecule has 2 heterocycles. The zero-order chi connectivity index (χ0) is 22.9. The normalized spacial score (nSPS) is 23.6. The number of anilines is 1. The van der Waals surface area contributed by atoms with Crippen LogP contribution >= 0.6 is 11.3 Å². The van der Waals surface area contributed by atoms with Gasteiger partial charge in [-0.3, -0.25) is 9.59 Å². The summed E-state index contributed by atoms with van der Waals surface area (Å²) in [6.07, 6.45) is 4.61. The molecule has 2 aromatic rings. The van der Waals surface area contributed by atoms with Crippen LogP contribution in [0.4, 0.5) is 5.69 Å². The van der Waals surface area contributed by atoms with E-state index in [2.05, 4.69) is 6.92 Å². The minimum atomic E-state index is -3.06. The Kier molecular flexibility index (Phi) is 6.86. The number of thiophene rings is 1. The van der Waals surface area contributed by atoms with Crippen LogP contribution in [0.3, 0.4) is 0 Å². The van der Waals surface area contributed by atoms with Gasteiger partial charge in [-0.1, -0.05) is 37.3 Å². The summed E-state index contributed by atoms with van der Waals surface area (Å²) < 4.78 is 24.1. The van der Waals surface area contributed by atoms with Crippen molar-refractivity contribution in [3.63, 3.8) is 0 Å². The maximum atomic E-state index is 13.9. The molecule has 1 amide bonds. The van der Waals surface area contributed by atoms with Crippen LogP contribution in [-0.4, -0.2) is 37.7 Å². The van der Waals surface area contributed by atoms with E-state index in [1.807, 2.05) is 41.3 Å².